The maximum absolute atomic E-state index is 12.7. The highest BCUT2D eigenvalue weighted by Gasteiger charge is 2.49. The van der Waals surface area contributed by atoms with Gasteiger partial charge in [0.05, 0.1) is 6.54 Å². The van der Waals surface area contributed by atoms with Gasteiger partial charge in [-0.1, -0.05) is 24.6 Å². The molecule has 1 aliphatic rings. The van der Waals surface area contributed by atoms with E-state index in [1.807, 2.05) is 17.5 Å². The Morgan fingerprint density at radius 2 is 2.26 bits per heavy atom. The molecule has 1 unspecified atom stereocenters. The summed E-state index contributed by atoms with van der Waals surface area (Å²) in [6, 6.07) is 3.25. The summed E-state index contributed by atoms with van der Waals surface area (Å²) in [5.41, 5.74) is -1.03. The topological polar surface area (TPSA) is 88.3 Å². The van der Waals surface area contributed by atoms with E-state index < -0.39 is 11.6 Å². The van der Waals surface area contributed by atoms with E-state index in [0.29, 0.717) is 18.1 Å². The number of urea groups is 1. The van der Waals surface area contributed by atoms with E-state index >= 15 is 0 Å². The van der Waals surface area contributed by atoms with Crippen LogP contribution in [0.2, 0.25) is 0 Å². The van der Waals surface area contributed by atoms with Gasteiger partial charge < -0.3 is 9.84 Å². The van der Waals surface area contributed by atoms with Crippen LogP contribution in [-0.4, -0.2) is 27.0 Å². The maximum atomic E-state index is 12.7. The minimum absolute atomic E-state index is 0.0151. The van der Waals surface area contributed by atoms with Gasteiger partial charge in [-0.05, 0) is 24.8 Å². The molecule has 3 heterocycles. The Morgan fingerprint density at radius 1 is 1.43 bits per heavy atom. The minimum atomic E-state index is -1.03. The lowest BCUT2D eigenvalue weighted by molar-refractivity contribution is -0.131. The average Bonchev–Trinajstić information content (AvgIpc) is 3.24. The van der Waals surface area contributed by atoms with Crippen LogP contribution in [0.5, 0.6) is 0 Å². The molecule has 3 rings (SSSR count). The van der Waals surface area contributed by atoms with Crippen molar-refractivity contribution in [2.75, 3.05) is 0 Å². The van der Waals surface area contributed by atoms with Crippen LogP contribution >= 0.6 is 11.3 Å². The second-order valence-corrected chi connectivity index (χ2v) is 6.58. The fourth-order valence-electron chi connectivity index (χ4n) is 2.50. The highest BCUT2D eigenvalue weighted by molar-refractivity contribution is 7.10. The van der Waals surface area contributed by atoms with E-state index in [1.165, 1.54) is 11.3 Å². The van der Waals surface area contributed by atoms with Crippen molar-refractivity contribution in [1.82, 2.24) is 20.4 Å². The molecule has 0 aromatic carbocycles. The molecule has 1 aliphatic heterocycles. The van der Waals surface area contributed by atoms with Gasteiger partial charge in [-0.15, -0.1) is 11.3 Å². The summed E-state index contributed by atoms with van der Waals surface area (Å²) in [5, 5.41) is 8.49. The van der Waals surface area contributed by atoms with Gasteiger partial charge in [-0.3, -0.25) is 9.69 Å². The Kier molecular flexibility index (Phi) is 4.16. The number of carbonyl (C=O) groups is 2. The second-order valence-electron chi connectivity index (χ2n) is 5.63. The SMILES string of the molecule is CCCCc1nc(CN2C(=O)NC(C)(c3cccs3)C2=O)no1. The number of imide groups is 1. The number of amides is 3. The van der Waals surface area contributed by atoms with Crippen LogP contribution in [0.15, 0.2) is 22.0 Å². The number of unbranched alkanes of at least 4 members (excludes halogenated alkanes) is 1. The number of aryl methyl sites for hydroxylation is 1. The maximum Gasteiger partial charge on any atom is 0.325 e. The molecule has 1 atom stereocenters. The Balaban J connectivity index is 1.75. The van der Waals surface area contributed by atoms with Crippen molar-refractivity contribution in [3.63, 3.8) is 0 Å². The lowest BCUT2D eigenvalue weighted by Gasteiger charge is -2.19. The number of hydrogen-bond donors (Lipinski definition) is 1. The molecule has 0 bridgehead atoms. The van der Waals surface area contributed by atoms with Crippen LogP contribution in [0.4, 0.5) is 4.79 Å². The van der Waals surface area contributed by atoms with Gasteiger partial charge in [0.15, 0.2) is 11.4 Å². The first-order chi connectivity index (χ1) is 11.0. The molecule has 0 aliphatic carbocycles. The first-order valence-corrected chi connectivity index (χ1v) is 8.42. The summed E-state index contributed by atoms with van der Waals surface area (Å²) in [6.07, 6.45) is 2.70. The van der Waals surface area contributed by atoms with Crippen molar-refractivity contribution in [2.24, 2.45) is 0 Å². The first-order valence-electron chi connectivity index (χ1n) is 7.54. The van der Waals surface area contributed by atoms with Gasteiger partial charge >= 0.3 is 6.03 Å². The fraction of sp³-hybridized carbons (Fsp3) is 0.467. The Morgan fingerprint density at radius 3 is 2.96 bits per heavy atom. The van der Waals surface area contributed by atoms with E-state index in [9.17, 15) is 9.59 Å². The predicted octanol–water partition coefficient (Wildman–Crippen LogP) is 2.44. The van der Waals surface area contributed by atoms with E-state index in [4.69, 9.17) is 4.52 Å². The predicted molar refractivity (Wildman–Crippen MR) is 83.7 cm³/mol. The van der Waals surface area contributed by atoms with Crippen LogP contribution < -0.4 is 5.32 Å². The highest BCUT2D eigenvalue weighted by atomic mass is 32.1. The Labute approximate surface area is 137 Å². The molecule has 0 spiro atoms. The molecule has 0 radical (unpaired) electrons. The molecule has 2 aromatic heterocycles. The Bertz CT molecular complexity index is 712. The second kappa shape index (κ2) is 6.11. The molecule has 8 heteroatoms. The smallest absolute Gasteiger partial charge is 0.325 e. The van der Waals surface area contributed by atoms with Gasteiger partial charge in [0.2, 0.25) is 5.89 Å². The highest BCUT2D eigenvalue weighted by Crippen LogP contribution is 2.32. The van der Waals surface area contributed by atoms with Crippen molar-refractivity contribution in [3.8, 4) is 0 Å². The minimum Gasteiger partial charge on any atom is -0.339 e. The molecule has 1 N–H and O–H groups in total. The van der Waals surface area contributed by atoms with Crippen molar-refractivity contribution < 1.29 is 14.1 Å². The van der Waals surface area contributed by atoms with Crippen LogP contribution in [0.25, 0.3) is 0 Å². The third-order valence-corrected chi connectivity index (χ3v) is 4.93. The summed E-state index contributed by atoms with van der Waals surface area (Å²) < 4.78 is 5.14. The monoisotopic (exact) mass is 334 g/mol. The van der Waals surface area contributed by atoms with Crippen LogP contribution in [0.1, 0.15) is 43.3 Å². The summed E-state index contributed by atoms with van der Waals surface area (Å²) in [5.74, 6) is 0.579. The van der Waals surface area contributed by atoms with Gasteiger partial charge in [0, 0.05) is 11.3 Å². The van der Waals surface area contributed by atoms with Crippen LogP contribution in [0.3, 0.4) is 0 Å². The van der Waals surface area contributed by atoms with Crippen molar-refractivity contribution in [1.29, 1.82) is 0 Å². The zero-order valence-corrected chi connectivity index (χ0v) is 13.9. The number of hydrogen-bond acceptors (Lipinski definition) is 6. The lowest BCUT2D eigenvalue weighted by Crippen LogP contribution is -2.40. The number of aromatic nitrogens is 2. The van der Waals surface area contributed by atoms with E-state index in [1.54, 1.807) is 6.92 Å². The molecule has 0 saturated carbocycles. The summed E-state index contributed by atoms with van der Waals surface area (Å²) >= 11 is 1.43. The van der Waals surface area contributed by atoms with E-state index in [-0.39, 0.29) is 12.5 Å². The fourth-order valence-corrected chi connectivity index (χ4v) is 3.33. The van der Waals surface area contributed by atoms with Crippen molar-refractivity contribution in [2.45, 2.75) is 45.2 Å². The molecule has 122 valence electrons. The number of rotatable bonds is 6. The number of nitrogens with zero attached hydrogens (tertiary/aromatic N) is 3. The van der Waals surface area contributed by atoms with E-state index in [0.717, 1.165) is 22.6 Å². The number of thiophene rings is 1. The molecule has 3 amide bonds. The standard InChI is InChI=1S/C15H18N4O3S/c1-3-4-7-12-16-11(18-22-12)9-19-13(20)15(2,17-14(19)21)10-6-5-8-23-10/h5-6,8H,3-4,7,9H2,1-2H3,(H,17,21). The van der Waals surface area contributed by atoms with Crippen LogP contribution in [0, 0.1) is 0 Å². The molecular formula is C15H18N4O3S. The normalized spacial score (nSPS) is 21.0. The third kappa shape index (κ3) is 2.86. The van der Waals surface area contributed by atoms with Gasteiger partial charge in [-0.25, -0.2) is 4.79 Å². The summed E-state index contributed by atoms with van der Waals surface area (Å²) in [6.45, 7) is 3.80. The molecule has 2 aromatic rings. The summed E-state index contributed by atoms with van der Waals surface area (Å²) in [4.78, 5) is 31.0. The van der Waals surface area contributed by atoms with E-state index in [2.05, 4.69) is 22.4 Å². The number of nitrogens with one attached hydrogen (secondary N) is 1. The van der Waals surface area contributed by atoms with Crippen molar-refractivity contribution in [3.05, 3.63) is 34.1 Å². The Hall–Kier alpha value is -2.22. The quantitative estimate of drug-likeness (QED) is 0.820. The molecule has 1 saturated heterocycles. The molecule has 1 fully saturated rings. The number of carbonyl (C=O) groups excluding carboxylic acids is 2. The zero-order chi connectivity index (χ0) is 16.4. The van der Waals surface area contributed by atoms with Gasteiger partial charge in [-0.2, -0.15) is 4.98 Å². The average molecular weight is 334 g/mol. The van der Waals surface area contributed by atoms with Crippen molar-refractivity contribution >= 4 is 23.3 Å². The zero-order valence-electron chi connectivity index (χ0n) is 13.0. The van der Waals surface area contributed by atoms with Gasteiger partial charge in [0.1, 0.15) is 0 Å². The molecular weight excluding hydrogens is 316 g/mol. The lowest BCUT2D eigenvalue weighted by atomic mass is 10.0. The van der Waals surface area contributed by atoms with Crippen LogP contribution in [-0.2, 0) is 23.3 Å². The molecule has 23 heavy (non-hydrogen) atoms. The largest absolute Gasteiger partial charge is 0.339 e. The molecule has 7 nitrogen and oxygen atoms in total. The summed E-state index contributed by atoms with van der Waals surface area (Å²) in [7, 11) is 0. The first kappa shape index (κ1) is 15.7. The van der Waals surface area contributed by atoms with Gasteiger partial charge in [0.25, 0.3) is 5.91 Å². The third-order valence-electron chi connectivity index (χ3n) is 3.84.